The molecule has 17 heavy (non-hydrogen) atoms. The molecule has 0 saturated carbocycles. The summed E-state index contributed by atoms with van der Waals surface area (Å²) in [4.78, 5) is 6.46. The molecule has 0 radical (unpaired) electrons. The fraction of sp³-hybridized carbons (Fsp3) is 0.455. The first-order chi connectivity index (χ1) is 8.28. The SMILES string of the molecule is O/N=C\c1cc(N2C[C@H]3C[C@@H]2CN3)cnc1Cl. The zero-order chi connectivity index (χ0) is 11.8. The zero-order valence-corrected chi connectivity index (χ0v) is 9.93. The lowest BCUT2D eigenvalue weighted by Gasteiger charge is -2.29. The van der Waals surface area contributed by atoms with Crippen LogP contribution < -0.4 is 10.2 Å². The molecule has 0 aromatic carbocycles. The van der Waals surface area contributed by atoms with E-state index in [-0.39, 0.29) is 0 Å². The number of oxime groups is 1. The molecule has 6 heteroatoms. The van der Waals surface area contributed by atoms with Gasteiger partial charge in [0.25, 0.3) is 0 Å². The molecular weight excluding hydrogens is 240 g/mol. The van der Waals surface area contributed by atoms with Gasteiger partial charge < -0.3 is 15.4 Å². The Balaban J connectivity index is 1.91. The lowest BCUT2D eigenvalue weighted by atomic mass is 10.2. The summed E-state index contributed by atoms with van der Waals surface area (Å²) in [6, 6.07) is 3.04. The Morgan fingerprint density at radius 1 is 1.65 bits per heavy atom. The van der Waals surface area contributed by atoms with Crippen LogP contribution in [-0.2, 0) is 0 Å². The Kier molecular flexibility index (Phi) is 2.64. The second-order valence-corrected chi connectivity index (χ2v) is 4.82. The van der Waals surface area contributed by atoms with Crippen molar-refractivity contribution in [2.75, 3.05) is 18.0 Å². The van der Waals surface area contributed by atoms with E-state index in [1.54, 1.807) is 6.20 Å². The van der Waals surface area contributed by atoms with Crippen LogP contribution in [0.3, 0.4) is 0 Å². The first kappa shape index (κ1) is 10.8. The molecule has 1 aromatic heterocycles. The van der Waals surface area contributed by atoms with Gasteiger partial charge in [-0.05, 0) is 12.5 Å². The van der Waals surface area contributed by atoms with Gasteiger partial charge in [0.15, 0.2) is 0 Å². The van der Waals surface area contributed by atoms with Gasteiger partial charge in [0.2, 0.25) is 0 Å². The predicted molar refractivity (Wildman–Crippen MR) is 66.2 cm³/mol. The van der Waals surface area contributed by atoms with Crippen LogP contribution in [0.2, 0.25) is 5.15 Å². The summed E-state index contributed by atoms with van der Waals surface area (Å²) in [7, 11) is 0. The van der Waals surface area contributed by atoms with E-state index in [0.717, 1.165) is 18.8 Å². The smallest absolute Gasteiger partial charge is 0.138 e. The minimum atomic E-state index is 0.356. The molecule has 2 bridgehead atoms. The van der Waals surface area contributed by atoms with Gasteiger partial charge in [-0.2, -0.15) is 0 Å². The number of halogens is 1. The van der Waals surface area contributed by atoms with Crippen molar-refractivity contribution in [2.45, 2.75) is 18.5 Å². The number of pyridine rings is 1. The molecule has 90 valence electrons. The van der Waals surface area contributed by atoms with Crippen LogP contribution in [0.5, 0.6) is 0 Å². The van der Waals surface area contributed by atoms with Gasteiger partial charge in [-0.3, -0.25) is 0 Å². The van der Waals surface area contributed by atoms with Crippen LogP contribution in [-0.4, -0.2) is 41.6 Å². The monoisotopic (exact) mass is 252 g/mol. The Morgan fingerprint density at radius 2 is 2.53 bits per heavy atom. The number of fused-ring (bicyclic) bond motifs is 2. The molecule has 2 aliphatic heterocycles. The van der Waals surface area contributed by atoms with Gasteiger partial charge in [-0.15, -0.1) is 0 Å². The van der Waals surface area contributed by atoms with Crippen LogP contribution in [0.15, 0.2) is 17.4 Å². The topological polar surface area (TPSA) is 60.8 Å². The van der Waals surface area contributed by atoms with Gasteiger partial charge in [0, 0.05) is 30.7 Å². The number of nitrogens with one attached hydrogen (secondary N) is 1. The Morgan fingerprint density at radius 3 is 3.18 bits per heavy atom. The maximum atomic E-state index is 8.57. The molecule has 5 nitrogen and oxygen atoms in total. The van der Waals surface area contributed by atoms with E-state index in [0.29, 0.717) is 22.8 Å². The lowest BCUT2D eigenvalue weighted by Crippen LogP contribution is -2.43. The number of rotatable bonds is 2. The molecule has 0 aliphatic carbocycles. The zero-order valence-electron chi connectivity index (χ0n) is 9.17. The molecule has 2 aliphatic rings. The average Bonchev–Trinajstić information content (AvgIpc) is 2.94. The normalized spacial score (nSPS) is 27.2. The van der Waals surface area contributed by atoms with Crippen molar-refractivity contribution in [1.82, 2.24) is 10.3 Å². The summed E-state index contributed by atoms with van der Waals surface area (Å²) in [6.45, 7) is 2.03. The van der Waals surface area contributed by atoms with Crippen molar-refractivity contribution in [1.29, 1.82) is 0 Å². The Labute approximate surface area is 104 Å². The molecular formula is C11H13ClN4O. The lowest BCUT2D eigenvalue weighted by molar-refractivity contribution is 0.322. The van der Waals surface area contributed by atoms with Crippen molar-refractivity contribution in [3.8, 4) is 0 Å². The van der Waals surface area contributed by atoms with Crippen molar-refractivity contribution in [3.63, 3.8) is 0 Å². The highest BCUT2D eigenvalue weighted by Gasteiger charge is 2.37. The van der Waals surface area contributed by atoms with Crippen LogP contribution in [0.25, 0.3) is 0 Å². The van der Waals surface area contributed by atoms with Gasteiger partial charge in [-0.1, -0.05) is 16.8 Å². The maximum Gasteiger partial charge on any atom is 0.138 e. The van der Waals surface area contributed by atoms with Crippen molar-refractivity contribution < 1.29 is 5.21 Å². The molecule has 1 aromatic rings. The Bertz CT molecular complexity index is 465. The van der Waals surface area contributed by atoms with Gasteiger partial charge in [0.1, 0.15) is 5.15 Å². The quantitative estimate of drug-likeness (QED) is 0.358. The Hall–Kier alpha value is -1.33. The standard InChI is InChI=1S/C11H13ClN4O/c12-11-7(3-15-17)1-9(5-14-11)16-6-8-2-10(16)4-13-8/h1,3,5,8,10,13,17H,2,4,6H2/b15-3-/t8-,10-/m1/s1. The van der Waals surface area contributed by atoms with Gasteiger partial charge in [-0.25, -0.2) is 4.98 Å². The van der Waals surface area contributed by atoms with Crippen LogP contribution >= 0.6 is 11.6 Å². The molecule has 2 fully saturated rings. The van der Waals surface area contributed by atoms with Crippen LogP contribution in [0.1, 0.15) is 12.0 Å². The molecule has 0 spiro atoms. The first-order valence-electron chi connectivity index (χ1n) is 5.61. The third kappa shape index (κ3) is 1.85. The summed E-state index contributed by atoms with van der Waals surface area (Å²) >= 11 is 5.92. The molecule has 2 atom stereocenters. The molecule has 3 rings (SSSR count). The molecule has 0 unspecified atom stereocenters. The number of hydrogen-bond acceptors (Lipinski definition) is 5. The van der Waals surface area contributed by atoms with E-state index in [4.69, 9.17) is 16.8 Å². The van der Waals surface area contributed by atoms with E-state index in [2.05, 4.69) is 20.4 Å². The van der Waals surface area contributed by atoms with E-state index in [1.165, 1.54) is 12.6 Å². The van der Waals surface area contributed by atoms with Gasteiger partial charge >= 0.3 is 0 Å². The second-order valence-electron chi connectivity index (χ2n) is 4.47. The summed E-state index contributed by atoms with van der Waals surface area (Å²) in [6.07, 6.45) is 4.27. The van der Waals surface area contributed by atoms with Crippen LogP contribution in [0.4, 0.5) is 5.69 Å². The number of nitrogens with zero attached hydrogens (tertiary/aromatic N) is 3. The van der Waals surface area contributed by atoms with E-state index in [9.17, 15) is 0 Å². The summed E-state index contributed by atoms with van der Waals surface area (Å²) < 4.78 is 0. The van der Waals surface area contributed by atoms with Gasteiger partial charge in [0.05, 0.1) is 18.1 Å². The number of hydrogen-bond donors (Lipinski definition) is 2. The first-order valence-corrected chi connectivity index (χ1v) is 5.98. The average molecular weight is 253 g/mol. The molecule has 0 amide bonds. The summed E-state index contributed by atoms with van der Waals surface area (Å²) in [5, 5.41) is 15.4. The minimum Gasteiger partial charge on any atom is -0.411 e. The predicted octanol–water partition coefficient (Wildman–Crippen LogP) is 1.09. The fourth-order valence-corrected chi connectivity index (χ4v) is 2.79. The number of piperazine rings is 1. The molecule has 3 heterocycles. The highest BCUT2D eigenvalue weighted by atomic mass is 35.5. The van der Waals surface area contributed by atoms with Crippen molar-refractivity contribution >= 4 is 23.5 Å². The highest BCUT2D eigenvalue weighted by molar-refractivity contribution is 6.31. The fourth-order valence-electron chi connectivity index (χ4n) is 2.64. The van der Waals surface area contributed by atoms with E-state index in [1.807, 2.05) is 6.07 Å². The van der Waals surface area contributed by atoms with Crippen molar-refractivity contribution in [3.05, 3.63) is 23.0 Å². The minimum absolute atomic E-state index is 0.356. The number of anilines is 1. The maximum absolute atomic E-state index is 8.57. The highest BCUT2D eigenvalue weighted by Crippen LogP contribution is 2.30. The van der Waals surface area contributed by atoms with E-state index < -0.39 is 0 Å². The third-order valence-electron chi connectivity index (χ3n) is 3.44. The summed E-state index contributed by atoms with van der Waals surface area (Å²) in [5.74, 6) is 0. The molecule has 2 N–H and O–H groups in total. The largest absolute Gasteiger partial charge is 0.411 e. The van der Waals surface area contributed by atoms with Crippen LogP contribution in [0, 0.1) is 0 Å². The van der Waals surface area contributed by atoms with Crippen molar-refractivity contribution in [2.24, 2.45) is 5.16 Å². The second kappa shape index (κ2) is 4.16. The molecule has 2 saturated heterocycles. The van der Waals surface area contributed by atoms with E-state index >= 15 is 0 Å². The third-order valence-corrected chi connectivity index (χ3v) is 3.75. The summed E-state index contributed by atoms with van der Waals surface area (Å²) in [5.41, 5.74) is 1.68. The number of aromatic nitrogens is 1.